The van der Waals surface area contributed by atoms with Crippen LogP contribution in [0.2, 0.25) is 0 Å². The third kappa shape index (κ3) is 5.25. The van der Waals surface area contributed by atoms with E-state index in [-0.39, 0.29) is 24.4 Å². The van der Waals surface area contributed by atoms with E-state index >= 15 is 0 Å². The normalized spacial score (nSPS) is 16.9. The number of carbonyl (C=O) groups excluding carboxylic acids is 2. The Kier molecular flexibility index (Phi) is 6.40. The molecule has 0 spiro atoms. The predicted octanol–water partition coefficient (Wildman–Crippen LogP) is 1.62. The van der Waals surface area contributed by atoms with Crippen LogP contribution in [0.5, 0.6) is 5.75 Å². The molecule has 2 rings (SSSR count). The first-order valence-corrected chi connectivity index (χ1v) is 8.07. The minimum atomic E-state index is -0.201. The van der Waals surface area contributed by atoms with E-state index < -0.39 is 0 Å². The van der Waals surface area contributed by atoms with Gasteiger partial charge in [-0.05, 0) is 38.4 Å². The van der Waals surface area contributed by atoms with E-state index in [4.69, 9.17) is 4.74 Å². The number of rotatable bonds is 7. The summed E-state index contributed by atoms with van der Waals surface area (Å²) >= 11 is 0. The fourth-order valence-corrected chi connectivity index (χ4v) is 2.72. The zero-order valence-corrected chi connectivity index (χ0v) is 13.8. The lowest BCUT2D eigenvalue weighted by atomic mass is 10.1. The van der Waals surface area contributed by atoms with Crippen molar-refractivity contribution >= 4 is 17.5 Å². The average Bonchev–Trinajstić information content (AvgIpc) is 3.05. The van der Waals surface area contributed by atoms with E-state index in [1.807, 2.05) is 19.1 Å². The summed E-state index contributed by atoms with van der Waals surface area (Å²) in [5.41, 5.74) is 0.662. The van der Waals surface area contributed by atoms with Gasteiger partial charge in [0.25, 0.3) is 0 Å². The average molecular weight is 319 g/mol. The van der Waals surface area contributed by atoms with Gasteiger partial charge < -0.3 is 20.3 Å². The Morgan fingerprint density at radius 2 is 2.26 bits per heavy atom. The molecule has 0 aliphatic carbocycles. The second-order valence-corrected chi connectivity index (χ2v) is 5.69. The second-order valence-electron chi connectivity index (χ2n) is 5.69. The van der Waals surface area contributed by atoms with Gasteiger partial charge >= 0.3 is 0 Å². The Labute approximate surface area is 137 Å². The van der Waals surface area contributed by atoms with Gasteiger partial charge in [-0.2, -0.15) is 0 Å². The first kappa shape index (κ1) is 17.3. The molecule has 1 unspecified atom stereocenters. The summed E-state index contributed by atoms with van der Waals surface area (Å²) in [6.07, 6.45) is 2.60. The van der Waals surface area contributed by atoms with Gasteiger partial charge in [0.05, 0.1) is 13.7 Å². The number of likely N-dealkylation sites (N-methyl/N-ethyl adjacent to an activating group) is 1. The molecule has 1 aliphatic heterocycles. The summed E-state index contributed by atoms with van der Waals surface area (Å²) in [6.45, 7) is 3.45. The van der Waals surface area contributed by atoms with Crippen molar-refractivity contribution in [1.82, 2.24) is 10.2 Å². The molecule has 1 atom stereocenters. The third-order valence-corrected chi connectivity index (χ3v) is 4.01. The van der Waals surface area contributed by atoms with Crippen LogP contribution >= 0.6 is 0 Å². The van der Waals surface area contributed by atoms with Crippen LogP contribution in [0.3, 0.4) is 0 Å². The number of ether oxygens (including phenoxy) is 1. The van der Waals surface area contributed by atoms with Crippen molar-refractivity contribution in [3.8, 4) is 5.75 Å². The van der Waals surface area contributed by atoms with Crippen molar-refractivity contribution in [2.75, 3.05) is 32.1 Å². The highest BCUT2D eigenvalue weighted by atomic mass is 16.5. The fourth-order valence-electron chi connectivity index (χ4n) is 2.72. The van der Waals surface area contributed by atoms with Crippen molar-refractivity contribution in [3.63, 3.8) is 0 Å². The highest BCUT2D eigenvalue weighted by Gasteiger charge is 2.22. The molecule has 0 aromatic heterocycles. The molecule has 1 heterocycles. The molecule has 6 heteroatoms. The summed E-state index contributed by atoms with van der Waals surface area (Å²) < 4.78 is 5.13. The minimum absolute atomic E-state index is 0.0210. The van der Waals surface area contributed by atoms with Crippen molar-refractivity contribution in [2.24, 2.45) is 0 Å². The van der Waals surface area contributed by atoms with Crippen LogP contribution in [0.15, 0.2) is 24.3 Å². The zero-order chi connectivity index (χ0) is 16.7. The van der Waals surface area contributed by atoms with Gasteiger partial charge in [0, 0.05) is 30.8 Å². The predicted molar refractivity (Wildman–Crippen MR) is 89.5 cm³/mol. The molecule has 1 aromatic rings. The number of hydrogen-bond acceptors (Lipinski definition) is 4. The summed E-state index contributed by atoms with van der Waals surface area (Å²) in [7, 11) is 1.58. The molecular formula is C17H25N3O3. The smallest absolute Gasteiger partial charge is 0.243 e. The molecular weight excluding hydrogens is 294 g/mol. The number of nitrogens with one attached hydrogen (secondary N) is 2. The first-order valence-electron chi connectivity index (χ1n) is 8.07. The van der Waals surface area contributed by atoms with E-state index in [1.165, 1.54) is 0 Å². The van der Waals surface area contributed by atoms with Gasteiger partial charge in [-0.1, -0.05) is 6.07 Å². The Balaban J connectivity index is 1.86. The van der Waals surface area contributed by atoms with Gasteiger partial charge in [0.1, 0.15) is 5.75 Å². The molecule has 1 aliphatic rings. The standard InChI is InChI=1S/C17H25N3O3/c1-3-20(17(22)11-13-7-5-9-18-13)12-16(21)19-14-6-4-8-15(10-14)23-2/h4,6,8,10,13,18H,3,5,7,9,11-12H2,1-2H3,(H,19,21). The Hall–Kier alpha value is -2.08. The van der Waals surface area contributed by atoms with Crippen molar-refractivity contribution in [3.05, 3.63) is 24.3 Å². The number of methoxy groups -OCH3 is 1. The third-order valence-electron chi connectivity index (χ3n) is 4.01. The maximum Gasteiger partial charge on any atom is 0.243 e. The molecule has 0 bridgehead atoms. The van der Waals surface area contributed by atoms with Crippen LogP contribution in [0.4, 0.5) is 5.69 Å². The summed E-state index contributed by atoms with van der Waals surface area (Å²) in [5.74, 6) is 0.499. The fraction of sp³-hybridized carbons (Fsp3) is 0.529. The molecule has 0 radical (unpaired) electrons. The molecule has 1 saturated heterocycles. The van der Waals surface area contributed by atoms with Gasteiger partial charge in [-0.25, -0.2) is 0 Å². The highest BCUT2D eigenvalue weighted by molar-refractivity contribution is 5.94. The molecule has 1 aromatic carbocycles. The van der Waals surface area contributed by atoms with E-state index in [0.29, 0.717) is 24.4 Å². The van der Waals surface area contributed by atoms with Crippen LogP contribution < -0.4 is 15.4 Å². The molecule has 23 heavy (non-hydrogen) atoms. The van der Waals surface area contributed by atoms with E-state index in [1.54, 1.807) is 24.1 Å². The number of nitrogens with zero attached hydrogens (tertiary/aromatic N) is 1. The largest absolute Gasteiger partial charge is 0.497 e. The number of carbonyl (C=O) groups is 2. The number of anilines is 1. The summed E-state index contributed by atoms with van der Waals surface area (Å²) in [5, 5.41) is 6.11. The van der Waals surface area contributed by atoms with Crippen LogP contribution in [0.25, 0.3) is 0 Å². The van der Waals surface area contributed by atoms with Gasteiger partial charge in [0.2, 0.25) is 11.8 Å². The van der Waals surface area contributed by atoms with E-state index in [9.17, 15) is 9.59 Å². The molecule has 1 fully saturated rings. The van der Waals surface area contributed by atoms with Crippen LogP contribution in [-0.4, -0.2) is 49.5 Å². The lowest BCUT2D eigenvalue weighted by molar-refractivity contribution is -0.134. The van der Waals surface area contributed by atoms with Crippen LogP contribution in [0.1, 0.15) is 26.2 Å². The van der Waals surface area contributed by atoms with E-state index in [2.05, 4.69) is 10.6 Å². The van der Waals surface area contributed by atoms with Crippen LogP contribution in [-0.2, 0) is 9.59 Å². The Morgan fingerprint density at radius 1 is 1.43 bits per heavy atom. The van der Waals surface area contributed by atoms with Crippen LogP contribution in [0, 0.1) is 0 Å². The maximum atomic E-state index is 12.3. The highest BCUT2D eigenvalue weighted by Crippen LogP contribution is 2.16. The molecule has 0 saturated carbocycles. The monoisotopic (exact) mass is 319 g/mol. The van der Waals surface area contributed by atoms with Crippen molar-refractivity contribution in [1.29, 1.82) is 0 Å². The maximum absolute atomic E-state index is 12.3. The topological polar surface area (TPSA) is 70.7 Å². The SMILES string of the molecule is CCN(CC(=O)Nc1cccc(OC)c1)C(=O)CC1CCCN1. The summed E-state index contributed by atoms with van der Waals surface area (Å²) in [4.78, 5) is 26.1. The summed E-state index contributed by atoms with van der Waals surface area (Å²) in [6, 6.07) is 7.41. The molecule has 6 nitrogen and oxygen atoms in total. The second kappa shape index (κ2) is 8.53. The van der Waals surface area contributed by atoms with Gasteiger partial charge in [-0.3, -0.25) is 9.59 Å². The lowest BCUT2D eigenvalue weighted by Gasteiger charge is -2.22. The van der Waals surface area contributed by atoms with Gasteiger partial charge in [0.15, 0.2) is 0 Å². The van der Waals surface area contributed by atoms with Crippen molar-refractivity contribution < 1.29 is 14.3 Å². The number of amides is 2. The minimum Gasteiger partial charge on any atom is -0.497 e. The molecule has 2 N–H and O–H groups in total. The quantitative estimate of drug-likeness (QED) is 0.801. The Bertz CT molecular complexity index is 542. The van der Waals surface area contributed by atoms with E-state index in [0.717, 1.165) is 19.4 Å². The molecule has 2 amide bonds. The number of hydrogen-bond donors (Lipinski definition) is 2. The Morgan fingerprint density at radius 3 is 2.91 bits per heavy atom. The lowest BCUT2D eigenvalue weighted by Crippen LogP contribution is -2.40. The number of benzene rings is 1. The first-order chi connectivity index (χ1) is 11.1. The molecule has 126 valence electrons. The van der Waals surface area contributed by atoms with Crippen molar-refractivity contribution in [2.45, 2.75) is 32.2 Å². The van der Waals surface area contributed by atoms with Gasteiger partial charge in [-0.15, -0.1) is 0 Å². The zero-order valence-electron chi connectivity index (χ0n) is 13.8.